The zero-order valence-corrected chi connectivity index (χ0v) is 8.53. The molecule has 0 aliphatic rings. The third-order valence-corrected chi connectivity index (χ3v) is 2.28. The molecule has 1 aromatic rings. The number of hydrogen-bond donors (Lipinski definition) is 2. The molecular weight excluding hydrogens is 214 g/mol. The summed E-state index contributed by atoms with van der Waals surface area (Å²) in [5.74, 6) is 0. The molecule has 0 heterocycles. The van der Waals surface area contributed by atoms with Crippen molar-refractivity contribution in [3.05, 3.63) is 52.2 Å². The summed E-state index contributed by atoms with van der Waals surface area (Å²) in [6.07, 6.45) is 0.849. The maximum absolute atomic E-state index is 10.4. The van der Waals surface area contributed by atoms with Gasteiger partial charge in [-0.1, -0.05) is 30.3 Å². The number of rotatable bonds is 3. The Morgan fingerprint density at radius 1 is 1.47 bits per heavy atom. The van der Waals surface area contributed by atoms with Crippen LogP contribution in [0.2, 0.25) is 0 Å². The van der Waals surface area contributed by atoms with Crippen LogP contribution < -0.4 is 5.73 Å². The van der Waals surface area contributed by atoms with Crippen molar-refractivity contribution in [3.8, 4) is 0 Å². The summed E-state index contributed by atoms with van der Waals surface area (Å²) < 4.78 is 0. The van der Waals surface area contributed by atoms with Crippen LogP contribution in [-0.2, 0) is 0 Å². The molecule has 5 nitrogen and oxygen atoms in total. The van der Waals surface area contributed by atoms with Crippen LogP contribution in [0.1, 0.15) is 5.56 Å². The van der Waals surface area contributed by atoms with Gasteiger partial charge in [-0.15, -0.1) is 0 Å². The minimum Gasteiger partial charge on any atom is -0.378 e. The molecule has 0 amide bonds. The van der Waals surface area contributed by atoms with Crippen LogP contribution in [0.4, 0.5) is 0 Å². The predicted octanol–water partition coefficient (Wildman–Crippen LogP) is 1.89. The van der Waals surface area contributed by atoms with Gasteiger partial charge in [-0.25, -0.2) is 0 Å². The summed E-state index contributed by atoms with van der Waals surface area (Å²) in [7, 11) is 0. The topological polar surface area (TPSA) is 93.0 Å². The van der Waals surface area contributed by atoms with Crippen LogP contribution in [0.5, 0.6) is 0 Å². The molecule has 0 unspecified atom stereocenters. The number of hydrogen-bond acceptors (Lipinski definition) is 4. The monoisotopic (exact) mass is 223 g/mol. The zero-order valence-electron chi connectivity index (χ0n) is 7.71. The number of nitrogens with two attached hydrogens (primary N) is 1. The van der Waals surface area contributed by atoms with Gasteiger partial charge in [0.25, 0.3) is 0 Å². The van der Waals surface area contributed by atoms with Crippen molar-refractivity contribution in [2.75, 3.05) is 0 Å². The third-order valence-electron chi connectivity index (χ3n) is 1.50. The fraction of sp³-hybridized carbons (Fsp3) is 0. The Balaban J connectivity index is 3.02. The largest absolute Gasteiger partial charge is 0.378 e. The van der Waals surface area contributed by atoms with E-state index in [1.54, 1.807) is 24.3 Å². The number of nitro groups is 1. The lowest BCUT2D eigenvalue weighted by Crippen LogP contribution is -2.04. The minimum absolute atomic E-state index is 0.174. The van der Waals surface area contributed by atoms with Gasteiger partial charge in [0.2, 0.25) is 6.20 Å². The maximum Gasteiger partial charge on any atom is 0.248 e. The predicted molar refractivity (Wildman–Crippen MR) is 60.9 cm³/mol. The van der Waals surface area contributed by atoms with Gasteiger partial charge in [0.15, 0.2) is 5.17 Å². The molecule has 0 aliphatic carbocycles. The molecule has 0 atom stereocenters. The summed E-state index contributed by atoms with van der Waals surface area (Å²) >= 11 is 0.862. The molecule has 1 rings (SSSR count). The Morgan fingerprint density at radius 3 is 2.53 bits per heavy atom. The summed E-state index contributed by atoms with van der Waals surface area (Å²) in [4.78, 5) is 10.2. The van der Waals surface area contributed by atoms with Crippen molar-refractivity contribution in [3.63, 3.8) is 0 Å². The quantitative estimate of drug-likeness (QED) is 0.354. The molecule has 0 aliphatic heterocycles. The Bertz CT molecular complexity index is 403. The first kappa shape index (κ1) is 11.3. The van der Waals surface area contributed by atoms with E-state index >= 15 is 0 Å². The van der Waals surface area contributed by atoms with Gasteiger partial charge in [0.05, 0.1) is 9.83 Å². The van der Waals surface area contributed by atoms with Crippen LogP contribution in [0.3, 0.4) is 0 Å². The second-order valence-electron chi connectivity index (χ2n) is 2.61. The van der Waals surface area contributed by atoms with E-state index in [9.17, 15) is 10.1 Å². The molecule has 3 N–H and O–H groups in total. The van der Waals surface area contributed by atoms with Crippen molar-refractivity contribution in [1.29, 1.82) is 5.41 Å². The van der Waals surface area contributed by atoms with E-state index in [-0.39, 0.29) is 5.17 Å². The van der Waals surface area contributed by atoms with E-state index in [1.165, 1.54) is 0 Å². The van der Waals surface area contributed by atoms with Gasteiger partial charge >= 0.3 is 0 Å². The first-order valence-corrected chi connectivity index (χ1v) is 4.84. The molecule has 0 aromatic heterocycles. The van der Waals surface area contributed by atoms with Crippen molar-refractivity contribution < 1.29 is 4.92 Å². The van der Waals surface area contributed by atoms with Gasteiger partial charge in [-0.3, -0.25) is 15.5 Å². The fourth-order valence-electron chi connectivity index (χ4n) is 0.976. The number of benzene rings is 1. The van der Waals surface area contributed by atoms with E-state index in [0.29, 0.717) is 10.5 Å². The molecule has 6 heteroatoms. The Labute approximate surface area is 90.6 Å². The lowest BCUT2D eigenvalue weighted by molar-refractivity contribution is -0.401. The van der Waals surface area contributed by atoms with Gasteiger partial charge in [-0.05, 0) is 17.3 Å². The van der Waals surface area contributed by atoms with E-state index in [1.807, 2.05) is 6.07 Å². The van der Waals surface area contributed by atoms with Crippen LogP contribution in [0.25, 0.3) is 4.91 Å². The molecule has 0 spiro atoms. The second kappa shape index (κ2) is 5.16. The zero-order chi connectivity index (χ0) is 11.3. The van der Waals surface area contributed by atoms with Gasteiger partial charge in [-0.2, -0.15) is 0 Å². The molecule has 78 valence electrons. The van der Waals surface area contributed by atoms with Crippen molar-refractivity contribution in [2.24, 2.45) is 5.73 Å². The first-order chi connectivity index (χ1) is 7.09. The maximum atomic E-state index is 10.4. The van der Waals surface area contributed by atoms with Crippen molar-refractivity contribution in [1.82, 2.24) is 0 Å². The number of amidine groups is 1. The molecule has 15 heavy (non-hydrogen) atoms. The molecule has 0 saturated carbocycles. The molecule has 0 fully saturated rings. The third kappa shape index (κ3) is 3.82. The number of nitrogens with zero attached hydrogens (tertiary/aromatic N) is 1. The van der Waals surface area contributed by atoms with Gasteiger partial charge < -0.3 is 5.73 Å². The number of thioether (sulfide) groups is 1. The Hall–Kier alpha value is -1.82. The van der Waals surface area contributed by atoms with Crippen LogP contribution in [0, 0.1) is 15.5 Å². The van der Waals surface area contributed by atoms with E-state index in [4.69, 9.17) is 11.1 Å². The average molecular weight is 223 g/mol. The number of nitrogens with one attached hydrogen (secondary N) is 1. The highest BCUT2D eigenvalue weighted by atomic mass is 32.2. The van der Waals surface area contributed by atoms with Crippen molar-refractivity contribution >= 4 is 21.8 Å². The van der Waals surface area contributed by atoms with Gasteiger partial charge in [0.1, 0.15) is 0 Å². The minimum atomic E-state index is -0.557. The standard InChI is InChI=1S/C9H9N3O2S/c10-9(11)15-8(6-12(13)14)7-4-2-1-3-5-7/h1-6H,(H3,10,11)/b8-6+. The first-order valence-electron chi connectivity index (χ1n) is 4.02. The van der Waals surface area contributed by atoms with E-state index in [2.05, 4.69) is 0 Å². The summed E-state index contributed by atoms with van der Waals surface area (Å²) in [6, 6.07) is 8.80. The van der Waals surface area contributed by atoms with Crippen LogP contribution >= 0.6 is 11.8 Å². The molecule has 0 radical (unpaired) electrons. The highest BCUT2D eigenvalue weighted by Crippen LogP contribution is 2.26. The summed E-state index contributed by atoms with van der Waals surface area (Å²) in [5.41, 5.74) is 5.86. The molecule has 0 saturated heterocycles. The molecule has 1 aromatic carbocycles. The van der Waals surface area contributed by atoms with Crippen molar-refractivity contribution in [2.45, 2.75) is 0 Å². The smallest absolute Gasteiger partial charge is 0.248 e. The van der Waals surface area contributed by atoms with Crippen LogP contribution in [-0.4, -0.2) is 10.1 Å². The average Bonchev–Trinajstić information content (AvgIpc) is 2.17. The Kier molecular flexibility index (Phi) is 3.87. The second-order valence-corrected chi connectivity index (χ2v) is 3.69. The van der Waals surface area contributed by atoms with E-state index < -0.39 is 4.92 Å². The Morgan fingerprint density at radius 2 is 2.07 bits per heavy atom. The highest BCUT2D eigenvalue weighted by molar-refractivity contribution is 8.21. The van der Waals surface area contributed by atoms with Crippen LogP contribution in [0.15, 0.2) is 36.5 Å². The highest BCUT2D eigenvalue weighted by Gasteiger charge is 2.08. The van der Waals surface area contributed by atoms with E-state index in [0.717, 1.165) is 18.0 Å². The SMILES string of the molecule is N=C(N)S/C(=C/[N+](=O)[O-])c1ccccc1. The molecular formula is C9H9N3O2S. The lowest BCUT2D eigenvalue weighted by Gasteiger charge is -2.02. The lowest BCUT2D eigenvalue weighted by atomic mass is 10.2. The normalized spacial score (nSPS) is 11.1. The van der Waals surface area contributed by atoms with Gasteiger partial charge in [0, 0.05) is 0 Å². The summed E-state index contributed by atoms with van der Waals surface area (Å²) in [6.45, 7) is 0. The fourth-order valence-corrected chi connectivity index (χ4v) is 1.61. The summed E-state index contributed by atoms with van der Waals surface area (Å²) in [5, 5.41) is 17.3. The molecule has 0 bridgehead atoms.